The van der Waals surface area contributed by atoms with Gasteiger partial charge in [0.25, 0.3) is 11.8 Å². The number of methoxy groups -OCH3 is 2. The zero-order valence-electron chi connectivity index (χ0n) is 22.8. The van der Waals surface area contributed by atoms with Gasteiger partial charge < -0.3 is 9.47 Å². The van der Waals surface area contributed by atoms with Crippen molar-refractivity contribution >= 4 is 81.7 Å². The molecule has 0 aromatic heterocycles. The lowest BCUT2D eigenvalue weighted by molar-refractivity contribution is -0.115. The first-order chi connectivity index (χ1) is 20.4. The Morgan fingerprint density at radius 2 is 0.905 bits per heavy atom. The zero-order chi connectivity index (χ0) is 29.1. The highest BCUT2D eigenvalue weighted by Crippen LogP contribution is 2.68. The van der Waals surface area contributed by atoms with Gasteiger partial charge >= 0.3 is 0 Å². The number of fused-ring (bicyclic) bond motifs is 2. The summed E-state index contributed by atoms with van der Waals surface area (Å²) in [5, 5.41) is 12.0. The molecule has 0 aliphatic carbocycles. The number of anilines is 2. The SMILES string of the molecule is COc1c2c(c(OC)c3c1SC(=C1C(=O)N(c4ccccc4)N=C1C)S3)SC(=C1C(=O)N(c3ccccc3)N=C1C)S2. The van der Waals surface area contributed by atoms with Crippen molar-refractivity contribution in [1.82, 2.24) is 0 Å². The molecule has 0 spiro atoms. The molecular formula is C30H22N4O4S4. The number of carbonyl (C=O) groups is 2. The van der Waals surface area contributed by atoms with Crippen LogP contribution in [-0.2, 0) is 9.59 Å². The van der Waals surface area contributed by atoms with Gasteiger partial charge in [0.15, 0.2) is 0 Å². The Bertz CT molecular complexity index is 1650. The monoisotopic (exact) mass is 630 g/mol. The lowest BCUT2D eigenvalue weighted by Gasteiger charge is -2.14. The van der Waals surface area contributed by atoms with Crippen molar-refractivity contribution in [2.75, 3.05) is 24.2 Å². The predicted molar refractivity (Wildman–Crippen MR) is 171 cm³/mol. The first-order valence-electron chi connectivity index (χ1n) is 12.8. The van der Waals surface area contributed by atoms with Crippen LogP contribution in [0.2, 0.25) is 0 Å². The van der Waals surface area contributed by atoms with E-state index in [4.69, 9.17) is 9.47 Å². The van der Waals surface area contributed by atoms with E-state index >= 15 is 0 Å². The predicted octanol–water partition coefficient (Wildman–Crippen LogP) is 7.37. The second kappa shape index (κ2) is 10.6. The van der Waals surface area contributed by atoms with Crippen molar-refractivity contribution in [1.29, 1.82) is 0 Å². The minimum atomic E-state index is -0.166. The Kier molecular flexibility index (Phi) is 6.88. The fourth-order valence-electron chi connectivity index (χ4n) is 4.95. The minimum absolute atomic E-state index is 0.166. The summed E-state index contributed by atoms with van der Waals surface area (Å²) in [4.78, 5) is 30.6. The number of ether oxygens (including phenoxy) is 2. The zero-order valence-corrected chi connectivity index (χ0v) is 26.1. The summed E-state index contributed by atoms with van der Waals surface area (Å²) in [5.74, 6) is 1.06. The highest BCUT2D eigenvalue weighted by Gasteiger charge is 2.42. The quantitative estimate of drug-likeness (QED) is 0.277. The molecule has 4 aliphatic rings. The summed E-state index contributed by atoms with van der Waals surface area (Å²) in [6, 6.07) is 18.8. The van der Waals surface area contributed by atoms with Crippen LogP contribution in [0.25, 0.3) is 0 Å². The average molecular weight is 631 g/mol. The van der Waals surface area contributed by atoms with Gasteiger partial charge in [-0.1, -0.05) is 83.4 Å². The number of amides is 2. The van der Waals surface area contributed by atoms with Crippen LogP contribution >= 0.6 is 47.0 Å². The van der Waals surface area contributed by atoms with Crippen molar-refractivity contribution < 1.29 is 19.1 Å². The smallest absolute Gasteiger partial charge is 0.282 e. The molecular weight excluding hydrogens is 609 g/mol. The third-order valence-corrected chi connectivity index (χ3v) is 12.1. The number of nitrogens with zero attached hydrogens (tertiary/aromatic N) is 4. The fourth-order valence-corrected chi connectivity index (χ4v) is 10.9. The van der Waals surface area contributed by atoms with Gasteiger partial charge in [-0.25, -0.2) is 0 Å². The van der Waals surface area contributed by atoms with Crippen LogP contribution in [0.3, 0.4) is 0 Å². The topological polar surface area (TPSA) is 83.8 Å². The summed E-state index contributed by atoms with van der Waals surface area (Å²) < 4.78 is 13.6. The molecule has 3 aromatic carbocycles. The molecule has 4 aliphatic heterocycles. The Hall–Kier alpha value is -3.58. The van der Waals surface area contributed by atoms with E-state index in [1.165, 1.54) is 57.1 Å². The molecule has 0 saturated carbocycles. The second-order valence-electron chi connectivity index (χ2n) is 9.39. The Morgan fingerprint density at radius 1 is 0.571 bits per heavy atom. The second-order valence-corrected chi connectivity index (χ2v) is 14.0. The molecule has 0 N–H and O–H groups in total. The van der Waals surface area contributed by atoms with Crippen LogP contribution in [-0.4, -0.2) is 37.5 Å². The number of hydrazone groups is 2. The van der Waals surface area contributed by atoms with Crippen LogP contribution in [0.4, 0.5) is 11.4 Å². The third kappa shape index (κ3) is 4.19. The van der Waals surface area contributed by atoms with E-state index in [2.05, 4.69) is 10.2 Å². The van der Waals surface area contributed by atoms with Gasteiger partial charge in [0.1, 0.15) is 11.5 Å². The van der Waals surface area contributed by atoms with Gasteiger partial charge in [0.2, 0.25) is 0 Å². The molecule has 0 radical (unpaired) electrons. The Labute approximate surface area is 259 Å². The molecule has 4 heterocycles. The summed E-state index contributed by atoms with van der Waals surface area (Å²) in [6.07, 6.45) is 0. The third-order valence-electron chi connectivity index (χ3n) is 6.87. The van der Waals surface area contributed by atoms with Crippen molar-refractivity contribution in [3.63, 3.8) is 0 Å². The number of benzene rings is 3. The van der Waals surface area contributed by atoms with E-state index < -0.39 is 0 Å². The van der Waals surface area contributed by atoms with Crippen molar-refractivity contribution in [2.24, 2.45) is 10.2 Å². The normalized spacial score (nSPS) is 17.7. The summed E-state index contributed by atoms with van der Waals surface area (Å²) >= 11 is 5.96. The highest BCUT2D eigenvalue weighted by atomic mass is 32.2. The molecule has 210 valence electrons. The number of hydrogen-bond donors (Lipinski definition) is 0. The molecule has 7 rings (SSSR count). The summed E-state index contributed by atoms with van der Waals surface area (Å²) in [6.45, 7) is 3.71. The highest BCUT2D eigenvalue weighted by molar-refractivity contribution is 8.26. The molecule has 0 atom stereocenters. The van der Waals surface area contributed by atoms with Crippen molar-refractivity contribution in [3.05, 3.63) is 80.3 Å². The van der Waals surface area contributed by atoms with E-state index in [0.29, 0.717) is 34.1 Å². The van der Waals surface area contributed by atoms with E-state index in [1.54, 1.807) is 14.2 Å². The van der Waals surface area contributed by atoms with Gasteiger partial charge in [-0.15, -0.1) is 0 Å². The van der Waals surface area contributed by atoms with Gasteiger partial charge in [-0.2, -0.15) is 20.2 Å². The first-order valence-corrected chi connectivity index (χ1v) is 16.1. The van der Waals surface area contributed by atoms with Gasteiger partial charge in [-0.05, 0) is 38.1 Å². The summed E-state index contributed by atoms with van der Waals surface area (Å²) in [7, 11) is 3.29. The minimum Gasteiger partial charge on any atom is -0.494 e. The summed E-state index contributed by atoms with van der Waals surface area (Å²) in [5.41, 5.74) is 3.90. The van der Waals surface area contributed by atoms with Crippen molar-refractivity contribution in [3.8, 4) is 11.5 Å². The lowest BCUT2D eigenvalue weighted by atomic mass is 10.2. The maximum Gasteiger partial charge on any atom is 0.282 e. The maximum absolute atomic E-state index is 13.5. The number of thioether (sulfide) groups is 4. The first kappa shape index (κ1) is 27.3. The fraction of sp³-hybridized carbons (Fsp3) is 0.133. The largest absolute Gasteiger partial charge is 0.494 e. The van der Waals surface area contributed by atoms with Gasteiger partial charge in [0, 0.05) is 0 Å². The maximum atomic E-state index is 13.5. The van der Waals surface area contributed by atoms with Gasteiger partial charge in [0.05, 0.1) is 76.2 Å². The van der Waals surface area contributed by atoms with E-state index in [9.17, 15) is 9.59 Å². The van der Waals surface area contributed by atoms with E-state index in [0.717, 1.165) is 39.4 Å². The standard InChI is InChI=1S/C30H22N4O4S4/c1-15-19(27(35)33(31-15)17-11-7-5-8-12-17)29-39-23-21(37-3)25-26(22(38-4)24(23)40-29)42-30(41-25)20-16(2)32-34(28(20)36)18-13-9-6-10-14-18/h5-14H,1-4H3. The van der Waals surface area contributed by atoms with Crippen LogP contribution in [0.1, 0.15) is 13.8 Å². The number of para-hydroxylation sites is 2. The van der Waals surface area contributed by atoms with Crippen LogP contribution < -0.4 is 19.5 Å². The van der Waals surface area contributed by atoms with Crippen LogP contribution in [0, 0.1) is 0 Å². The van der Waals surface area contributed by atoms with Crippen LogP contribution in [0.15, 0.2) is 110 Å². The molecule has 0 bridgehead atoms. The molecule has 42 heavy (non-hydrogen) atoms. The van der Waals surface area contributed by atoms with Gasteiger partial charge in [-0.3, -0.25) is 9.59 Å². The number of rotatable bonds is 4. The van der Waals surface area contributed by atoms with Crippen LogP contribution in [0.5, 0.6) is 11.5 Å². The molecule has 12 heteroatoms. The van der Waals surface area contributed by atoms with Crippen molar-refractivity contribution in [2.45, 2.75) is 33.4 Å². The molecule has 3 aromatic rings. The average Bonchev–Trinajstić information content (AvgIpc) is 3.76. The Morgan fingerprint density at radius 3 is 1.21 bits per heavy atom. The number of carbonyl (C=O) groups excluding carboxylic acids is 2. The Balaban J connectivity index is 1.26. The molecule has 0 saturated heterocycles. The lowest BCUT2D eigenvalue weighted by Crippen LogP contribution is -2.21. The molecule has 0 fully saturated rings. The number of hydrogen-bond acceptors (Lipinski definition) is 10. The molecule has 8 nitrogen and oxygen atoms in total. The molecule has 2 amide bonds. The van der Waals surface area contributed by atoms with E-state index in [-0.39, 0.29) is 11.8 Å². The van der Waals surface area contributed by atoms with E-state index in [1.807, 2.05) is 74.5 Å². The molecule has 0 unspecified atom stereocenters.